The Morgan fingerprint density at radius 1 is 1.20 bits per heavy atom. The topological polar surface area (TPSA) is 20.3 Å². The molecule has 1 amide bonds. The molecular weight excluding hydrogens is 286 g/mol. The molecule has 2 nitrogen and oxygen atoms in total. The van der Waals surface area contributed by atoms with Crippen molar-refractivity contribution >= 4 is 34.2 Å². The number of thioether (sulfide) groups is 1. The molecule has 0 bridgehead atoms. The minimum atomic E-state index is 0.161. The van der Waals surface area contributed by atoms with Gasteiger partial charge in [-0.15, -0.1) is 0 Å². The van der Waals surface area contributed by atoms with Crippen molar-refractivity contribution in [2.45, 2.75) is 33.6 Å². The minimum Gasteiger partial charge on any atom is -0.297 e. The van der Waals surface area contributed by atoms with Gasteiger partial charge in [-0.25, -0.2) is 0 Å². The quantitative estimate of drug-likeness (QED) is 0.776. The average Bonchev–Trinajstić information content (AvgIpc) is 2.72. The molecule has 4 heteroatoms. The second-order valence-corrected chi connectivity index (χ2v) is 7.13. The van der Waals surface area contributed by atoms with Crippen LogP contribution in [0.5, 0.6) is 0 Å². The molecule has 1 aromatic carbocycles. The fourth-order valence-corrected chi connectivity index (χ4v) is 2.85. The lowest BCUT2D eigenvalue weighted by Gasteiger charge is -2.16. The molecule has 0 saturated carbocycles. The normalized spacial score (nSPS) is 14.8. The van der Waals surface area contributed by atoms with Gasteiger partial charge in [-0.05, 0) is 17.4 Å². The van der Waals surface area contributed by atoms with E-state index in [1.807, 2.05) is 6.07 Å². The van der Waals surface area contributed by atoms with Gasteiger partial charge in [0.2, 0.25) is 5.91 Å². The number of carbonyl (C=O) groups excluding carboxylic acids is 1. The molecule has 0 radical (unpaired) electrons. The lowest BCUT2D eigenvalue weighted by Crippen LogP contribution is -2.31. The average molecular weight is 310 g/mol. The third kappa shape index (κ3) is 5.63. The van der Waals surface area contributed by atoms with Gasteiger partial charge in [0, 0.05) is 6.54 Å². The number of amides is 1. The molecule has 0 spiro atoms. The van der Waals surface area contributed by atoms with Gasteiger partial charge in [0.25, 0.3) is 0 Å². The molecule has 1 fully saturated rings. The standard InChI is InChI=1S/C9H12.C7H11NOS2/c1-8(2)9-6-4-3-5-7-9;1-5(2)3-8-6(9)4-11-7(8)10/h3-8H,1-2H3;5H,3-4H2,1-2H3. The molecule has 20 heavy (non-hydrogen) atoms. The van der Waals surface area contributed by atoms with Crippen LogP contribution in [0.3, 0.4) is 0 Å². The van der Waals surface area contributed by atoms with Crippen molar-refractivity contribution in [2.75, 3.05) is 12.3 Å². The predicted molar refractivity (Wildman–Crippen MR) is 92.1 cm³/mol. The Hall–Kier alpha value is -0.870. The van der Waals surface area contributed by atoms with Gasteiger partial charge >= 0.3 is 0 Å². The highest BCUT2D eigenvalue weighted by atomic mass is 32.2. The van der Waals surface area contributed by atoms with E-state index in [0.717, 1.165) is 10.9 Å². The van der Waals surface area contributed by atoms with Gasteiger partial charge in [0.1, 0.15) is 4.32 Å². The Morgan fingerprint density at radius 2 is 1.80 bits per heavy atom. The molecule has 0 atom stereocenters. The molecule has 0 unspecified atom stereocenters. The lowest BCUT2D eigenvalue weighted by molar-refractivity contribution is -0.124. The van der Waals surface area contributed by atoms with Crippen molar-refractivity contribution in [2.24, 2.45) is 5.92 Å². The number of hydrogen-bond acceptors (Lipinski definition) is 3. The molecular formula is C16H23NOS2. The van der Waals surface area contributed by atoms with Crippen LogP contribution in [0, 0.1) is 5.92 Å². The molecule has 1 aliphatic heterocycles. The Morgan fingerprint density at radius 3 is 2.15 bits per heavy atom. The summed E-state index contributed by atoms with van der Waals surface area (Å²) < 4.78 is 0.740. The Balaban J connectivity index is 0.000000204. The SMILES string of the molecule is CC(C)CN1C(=O)CSC1=S.CC(C)c1ccccc1. The first-order valence-corrected chi connectivity index (χ1v) is 8.33. The van der Waals surface area contributed by atoms with E-state index in [2.05, 4.69) is 52.0 Å². The Labute approximate surface area is 131 Å². The fraction of sp³-hybridized carbons (Fsp3) is 0.500. The van der Waals surface area contributed by atoms with Crippen molar-refractivity contribution in [1.82, 2.24) is 4.90 Å². The Bertz CT molecular complexity index is 427. The van der Waals surface area contributed by atoms with E-state index in [0.29, 0.717) is 17.6 Å². The summed E-state index contributed by atoms with van der Waals surface area (Å²) in [6.07, 6.45) is 0. The van der Waals surface area contributed by atoms with Crippen LogP contribution in [0.25, 0.3) is 0 Å². The maximum Gasteiger partial charge on any atom is 0.238 e. The zero-order valence-electron chi connectivity index (χ0n) is 12.6. The number of thiocarbonyl (C=S) groups is 1. The molecule has 1 aromatic rings. The zero-order chi connectivity index (χ0) is 15.1. The first-order valence-electron chi connectivity index (χ1n) is 6.94. The number of hydrogen-bond donors (Lipinski definition) is 0. The second-order valence-electron chi connectivity index (χ2n) is 5.52. The van der Waals surface area contributed by atoms with Gasteiger partial charge in [0.05, 0.1) is 5.75 Å². The molecule has 1 aliphatic rings. The summed E-state index contributed by atoms with van der Waals surface area (Å²) in [5, 5.41) is 0. The van der Waals surface area contributed by atoms with Crippen molar-refractivity contribution < 1.29 is 4.79 Å². The largest absolute Gasteiger partial charge is 0.297 e. The highest BCUT2D eigenvalue weighted by Crippen LogP contribution is 2.20. The highest BCUT2D eigenvalue weighted by molar-refractivity contribution is 8.23. The maximum absolute atomic E-state index is 11.1. The fourth-order valence-electron chi connectivity index (χ4n) is 1.76. The number of nitrogens with zero attached hydrogens (tertiary/aromatic N) is 1. The maximum atomic E-state index is 11.1. The summed E-state index contributed by atoms with van der Waals surface area (Å²) in [4.78, 5) is 12.8. The van der Waals surface area contributed by atoms with Crippen LogP contribution in [0.15, 0.2) is 30.3 Å². The molecule has 2 rings (SSSR count). The van der Waals surface area contributed by atoms with Crippen molar-refractivity contribution in [3.05, 3.63) is 35.9 Å². The van der Waals surface area contributed by atoms with E-state index in [1.165, 1.54) is 17.3 Å². The van der Waals surface area contributed by atoms with Gasteiger partial charge < -0.3 is 0 Å². The smallest absolute Gasteiger partial charge is 0.238 e. The van der Waals surface area contributed by atoms with Gasteiger partial charge in [-0.2, -0.15) is 0 Å². The molecule has 110 valence electrons. The predicted octanol–water partition coefficient (Wildman–Crippen LogP) is 4.31. The van der Waals surface area contributed by atoms with E-state index in [-0.39, 0.29) is 5.91 Å². The van der Waals surface area contributed by atoms with Crippen molar-refractivity contribution in [1.29, 1.82) is 0 Å². The molecule has 1 saturated heterocycles. The molecule has 0 aromatic heterocycles. The first-order chi connectivity index (χ1) is 9.41. The van der Waals surface area contributed by atoms with Crippen LogP contribution < -0.4 is 0 Å². The summed E-state index contributed by atoms with van der Waals surface area (Å²) in [5.74, 6) is 1.85. The van der Waals surface area contributed by atoms with Crippen molar-refractivity contribution in [3.63, 3.8) is 0 Å². The summed E-state index contributed by atoms with van der Waals surface area (Å²) in [6, 6.07) is 10.5. The van der Waals surface area contributed by atoms with E-state index in [1.54, 1.807) is 4.90 Å². The van der Waals surface area contributed by atoms with Crippen LogP contribution in [-0.4, -0.2) is 27.4 Å². The summed E-state index contributed by atoms with van der Waals surface area (Å²) in [5.41, 5.74) is 1.41. The third-order valence-corrected chi connectivity index (χ3v) is 4.29. The zero-order valence-corrected chi connectivity index (χ0v) is 14.3. The van der Waals surface area contributed by atoms with Crippen LogP contribution in [0.4, 0.5) is 0 Å². The molecule has 1 heterocycles. The van der Waals surface area contributed by atoms with E-state index in [9.17, 15) is 4.79 Å². The van der Waals surface area contributed by atoms with E-state index in [4.69, 9.17) is 12.2 Å². The summed E-state index contributed by atoms with van der Waals surface area (Å²) >= 11 is 6.47. The number of carbonyl (C=O) groups is 1. The highest BCUT2D eigenvalue weighted by Gasteiger charge is 2.26. The van der Waals surface area contributed by atoms with Gasteiger partial charge in [-0.3, -0.25) is 9.69 Å². The number of rotatable bonds is 3. The third-order valence-electron chi connectivity index (χ3n) is 2.85. The van der Waals surface area contributed by atoms with Gasteiger partial charge in [-0.1, -0.05) is 82.0 Å². The van der Waals surface area contributed by atoms with Crippen LogP contribution >= 0.6 is 24.0 Å². The van der Waals surface area contributed by atoms with Crippen LogP contribution in [0.1, 0.15) is 39.2 Å². The van der Waals surface area contributed by atoms with E-state index < -0.39 is 0 Å². The second kappa shape index (κ2) is 8.42. The number of benzene rings is 1. The van der Waals surface area contributed by atoms with E-state index >= 15 is 0 Å². The Kier molecular flexibility index (Phi) is 7.24. The van der Waals surface area contributed by atoms with Crippen LogP contribution in [0.2, 0.25) is 0 Å². The lowest BCUT2D eigenvalue weighted by atomic mass is 10.0. The van der Waals surface area contributed by atoms with Crippen molar-refractivity contribution in [3.8, 4) is 0 Å². The monoisotopic (exact) mass is 309 g/mol. The summed E-state index contributed by atoms with van der Waals surface area (Å²) in [6.45, 7) is 9.34. The van der Waals surface area contributed by atoms with Gasteiger partial charge in [0.15, 0.2) is 0 Å². The first kappa shape index (κ1) is 17.2. The minimum absolute atomic E-state index is 0.161. The molecule has 0 N–H and O–H groups in total. The summed E-state index contributed by atoms with van der Waals surface area (Å²) in [7, 11) is 0. The molecule has 0 aliphatic carbocycles. The van der Waals surface area contributed by atoms with Crippen LogP contribution in [-0.2, 0) is 4.79 Å².